The molecule has 1 rings (SSSR count). The number of nitrogens with two attached hydrogens (primary N) is 1. The third-order valence-corrected chi connectivity index (χ3v) is 3.93. The first-order valence-electron chi connectivity index (χ1n) is 5.87. The first-order valence-corrected chi connectivity index (χ1v) is 7.93. The van der Waals surface area contributed by atoms with Gasteiger partial charge in [0, 0.05) is 12.0 Å². The van der Waals surface area contributed by atoms with Gasteiger partial charge in [-0.1, -0.05) is 29.8 Å². The van der Waals surface area contributed by atoms with Crippen molar-refractivity contribution in [2.24, 2.45) is 5.73 Å². The van der Waals surface area contributed by atoms with Crippen molar-refractivity contribution >= 4 is 9.84 Å². The third-order valence-electron chi connectivity index (χ3n) is 2.90. The monoisotopic (exact) mass is 255 g/mol. The number of aryl methyl sites for hydroxylation is 1. The molecule has 0 radical (unpaired) electrons. The van der Waals surface area contributed by atoms with Crippen LogP contribution < -0.4 is 5.73 Å². The Hall–Kier alpha value is -0.870. The number of benzene rings is 1. The third kappa shape index (κ3) is 5.33. The second kappa shape index (κ2) is 6.17. The molecule has 1 atom stereocenters. The molecule has 0 fully saturated rings. The summed E-state index contributed by atoms with van der Waals surface area (Å²) in [5.74, 6) is 0.507. The first kappa shape index (κ1) is 14.2. The van der Waals surface area contributed by atoms with E-state index >= 15 is 0 Å². The highest BCUT2D eigenvalue weighted by atomic mass is 32.2. The molecule has 2 N–H and O–H groups in total. The van der Waals surface area contributed by atoms with Crippen molar-refractivity contribution in [2.75, 3.05) is 18.6 Å². The van der Waals surface area contributed by atoms with Crippen molar-refractivity contribution in [3.8, 4) is 0 Å². The summed E-state index contributed by atoms with van der Waals surface area (Å²) in [6, 6.07) is 8.28. The lowest BCUT2D eigenvalue weighted by molar-refractivity contribution is 0.584. The molecule has 1 unspecified atom stereocenters. The van der Waals surface area contributed by atoms with Gasteiger partial charge in [0.15, 0.2) is 0 Å². The van der Waals surface area contributed by atoms with Crippen LogP contribution in [0.25, 0.3) is 0 Å². The SMILES string of the molecule is Cc1ccc(C(CN)CCCS(C)(=O)=O)cc1. The van der Waals surface area contributed by atoms with Gasteiger partial charge in [0.1, 0.15) is 9.84 Å². The zero-order valence-electron chi connectivity index (χ0n) is 10.5. The van der Waals surface area contributed by atoms with Crippen LogP contribution in [0, 0.1) is 6.92 Å². The quantitative estimate of drug-likeness (QED) is 0.844. The van der Waals surface area contributed by atoms with E-state index in [4.69, 9.17) is 5.73 Å². The molecule has 0 bridgehead atoms. The summed E-state index contributed by atoms with van der Waals surface area (Å²) in [5.41, 5.74) is 8.17. The highest BCUT2D eigenvalue weighted by Gasteiger charge is 2.11. The Labute approximate surface area is 104 Å². The Morgan fingerprint density at radius 2 is 1.82 bits per heavy atom. The van der Waals surface area contributed by atoms with E-state index in [1.165, 1.54) is 17.4 Å². The lowest BCUT2D eigenvalue weighted by atomic mass is 9.94. The van der Waals surface area contributed by atoms with Gasteiger partial charge in [0.05, 0.1) is 0 Å². The van der Waals surface area contributed by atoms with Crippen LogP contribution in [-0.2, 0) is 9.84 Å². The summed E-state index contributed by atoms with van der Waals surface area (Å²) in [7, 11) is -2.86. The summed E-state index contributed by atoms with van der Waals surface area (Å²) < 4.78 is 22.1. The van der Waals surface area contributed by atoms with E-state index in [0.29, 0.717) is 13.0 Å². The van der Waals surface area contributed by atoms with Crippen LogP contribution >= 0.6 is 0 Å². The first-order chi connectivity index (χ1) is 7.92. The van der Waals surface area contributed by atoms with Gasteiger partial charge in [0.25, 0.3) is 0 Å². The Bertz CT molecular complexity index is 437. The normalized spacial score (nSPS) is 13.6. The summed E-state index contributed by atoms with van der Waals surface area (Å²) >= 11 is 0. The van der Waals surface area contributed by atoms with Crippen molar-refractivity contribution < 1.29 is 8.42 Å². The minimum Gasteiger partial charge on any atom is -0.330 e. The predicted octanol–water partition coefficient (Wildman–Crippen LogP) is 1.86. The molecule has 0 aliphatic rings. The molecule has 0 aromatic heterocycles. The zero-order chi connectivity index (χ0) is 12.9. The summed E-state index contributed by atoms with van der Waals surface area (Å²) in [6.45, 7) is 2.61. The largest absolute Gasteiger partial charge is 0.330 e. The van der Waals surface area contributed by atoms with Gasteiger partial charge >= 0.3 is 0 Å². The lowest BCUT2D eigenvalue weighted by Crippen LogP contribution is -2.14. The fourth-order valence-electron chi connectivity index (χ4n) is 1.85. The average molecular weight is 255 g/mol. The molecular formula is C13H21NO2S. The van der Waals surface area contributed by atoms with Crippen LogP contribution in [0.4, 0.5) is 0 Å². The number of sulfone groups is 1. The fourth-order valence-corrected chi connectivity index (χ4v) is 2.54. The van der Waals surface area contributed by atoms with Gasteiger partial charge in [-0.3, -0.25) is 0 Å². The van der Waals surface area contributed by atoms with Crippen LogP contribution in [0.15, 0.2) is 24.3 Å². The van der Waals surface area contributed by atoms with Crippen molar-refractivity contribution in [2.45, 2.75) is 25.7 Å². The molecule has 1 aromatic carbocycles. The maximum Gasteiger partial charge on any atom is 0.147 e. The van der Waals surface area contributed by atoms with E-state index in [0.717, 1.165) is 6.42 Å². The van der Waals surface area contributed by atoms with E-state index in [9.17, 15) is 8.42 Å². The number of rotatable bonds is 6. The molecule has 17 heavy (non-hydrogen) atoms. The van der Waals surface area contributed by atoms with Crippen LogP contribution in [-0.4, -0.2) is 27.0 Å². The van der Waals surface area contributed by atoms with E-state index in [1.807, 2.05) is 6.92 Å². The summed E-state index contributed by atoms with van der Waals surface area (Å²) in [5, 5.41) is 0. The topological polar surface area (TPSA) is 60.2 Å². The molecule has 3 nitrogen and oxygen atoms in total. The van der Waals surface area contributed by atoms with Gasteiger partial charge < -0.3 is 5.73 Å². The van der Waals surface area contributed by atoms with Crippen LogP contribution in [0.1, 0.15) is 29.9 Å². The maximum absolute atomic E-state index is 11.1. The molecule has 0 aliphatic heterocycles. The predicted molar refractivity (Wildman–Crippen MR) is 71.9 cm³/mol. The van der Waals surface area contributed by atoms with E-state index < -0.39 is 9.84 Å². The van der Waals surface area contributed by atoms with Crippen LogP contribution in [0.2, 0.25) is 0 Å². The highest BCUT2D eigenvalue weighted by molar-refractivity contribution is 7.90. The molecule has 0 amide bonds. The average Bonchev–Trinajstić information content (AvgIpc) is 2.24. The number of hydrogen-bond donors (Lipinski definition) is 1. The van der Waals surface area contributed by atoms with Crippen LogP contribution in [0.3, 0.4) is 0 Å². The molecule has 0 spiro atoms. The van der Waals surface area contributed by atoms with Crippen LogP contribution in [0.5, 0.6) is 0 Å². The highest BCUT2D eigenvalue weighted by Crippen LogP contribution is 2.20. The molecule has 4 heteroatoms. The smallest absolute Gasteiger partial charge is 0.147 e. The van der Waals surface area contributed by atoms with E-state index in [1.54, 1.807) is 0 Å². The molecule has 0 saturated heterocycles. The molecule has 96 valence electrons. The molecule has 0 aliphatic carbocycles. The number of hydrogen-bond acceptors (Lipinski definition) is 3. The summed E-state index contributed by atoms with van der Waals surface area (Å²) in [6.07, 6.45) is 2.78. The minimum atomic E-state index is -2.86. The maximum atomic E-state index is 11.1. The Balaban J connectivity index is 2.57. The van der Waals surface area contributed by atoms with E-state index in [-0.39, 0.29) is 11.7 Å². The Morgan fingerprint density at radius 3 is 2.29 bits per heavy atom. The van der Waals surface area contributed by atoms with Gasteiger partial charge in [-0.2, -0.15) is 0 Å². The zero-order valence-corrected chi connectivity index (χ0v) is 11.3. The second-order valence-corrected chi connectivity index (χ2v) is 6.88. The second-order valence-electron chi connectivity index (χ2n) is 4.62. The Kier molecular flexibility index (Phi) is 5.15. The van der Waals surface area contributed by atoms with Crippen molar-refractivity contribution in [1.29, 1.82) is 0 Å². The fraction of sp³-hybridized carbons (Fsp3) is 0.538. The van der Waals surface area contributed by atoms with Gasteiger partial charge in [-0.15, -0.1) is 0 Å². The van der Waals surface area contributed by atoms with Crippen molar-refractivity contribution in [3.05, 3.63) is 35.4 Å². The van der Waals surface area contributed by atoms with Crippen molar-refractivity contribution in [3.63, 3.8) is 0 Å². The minimum absolute atomic E-state index is 0.245. The molecule has 0 heterocycles. The van der Waals surface area contributed by atoms with E-state index in [2.05, 4.69) is 24.3 Å². The lowest BCUT2D eigenvalue weighted by Gasteiger charge is -2.15. The van der Waals surface area contributed by atoms with Gasteiger partial charge in [0.2, 0.25) is 0 Å². The summed E-state index contributed by atoms with van der Waals surface area (Å²) in [4.78, 5) is 0. The van der Waals surface area contributed by atoms with Gasteiger partial charge in [-0.05, 0) is 37.8 Å². The molecule has 1 aromatic rings. The Morgan fingerprint density at radius 1 is 1.24 bits per heavy atom. The van der Waals surface area contributed by atoms with Gasteiger partial charge in [-0.25, -0.2) is 8.42 Å². The molecular weight excluding hydrogens is 234 g/mol. The standard InChI is InChI=1S/C13H21NO2S/c1-11-5-7-12(8-6-11)13(10-14)4-3-9-17(2,15)16/h5-8,13H,3-4,9-10,14H2,1-2H3. The van der Waals surface area contributed by atoms with Crippen molar-refractivity contribution in [1.82, 2.24) is 0 Å². The molecule has 0 saturated carbocycles.